The van der Waals surface area contributed by atoms with E-state index in [9.17, 15) is 10.2 Å². The van der Waals surface area contributed by atoms with Crippen LogP contribution in [0.4, 0.5) is 5.82 Å². The zero-order valence-corrected chi connectivity index (χ0v) is 13.3. The van der Waals surface area contributed by atoms with Crippen molar-refractivity contribution in [3.63, 3.8) is 0 Å². The van der Waals surface area contributed by atoms with E-state index in [1.54, 1.807) is 13.8 Å². The van der Waals surface area contributed by atoms with Crippen LogP contribution in [-0.4, -0.2) is 47.4 Å². The van der Waals surface area contributed by atoms with Gasteiger partial charge in [0.1, 0.15) is 17.2 Å². The highest BCUT2D eigenvalue weighted by molar-refractivity contribution is 5.98. The average Bonchev–Trinajstić information content (AvgIpc) is 3.15. The number of nitrogens with two attached hydrogens (primary N) is 1. The maximum atomic E-state index is 9.69. The van der Waals surface area contributed by atoms with Crippen LogP contribution in [0.1, 0.15) is 23.9 Å². The summed E-state index contributed by atoms with van der Waals surface area (Å²) in [5.74, 6) is 0.187. The quantitative estimate of drug-likeness (QED) is 0.463. The molecule has 0 amide bonds. The number of rotatable bonds is 4. The van der Waals surface area contributed by atoms with E-state index in [0.717, 1.165) is 0 Å². The second-order valence-corrected chi connectivity index (χ2v) is 5.08. The molecule has 0 bridgehead atoms. The van der Waals surface area contributed by atoms with Gasteiger partial charge in [0.15, 0.2) is 0 Å². The van der Waals surface area contributed by atoms with Gasteiger partial charge in [-0.15, -0.1) is 5.10 Å². The molecule has 0 unspecified atom stereocenters. The van der Waals surface area contributed by atoms with Crippen LogP contribution in [0.3, 0.4) is 0 Å². The van der Waals surface area contributed by atoms with Crippen LogP contribution < -0.4 is 5.73 Å². The van der Waals surface area contributed by atoms with Gasteiger partial charge < -0.3 is 15.9 Å². The van der Waals surface area contributed by atoms with Gasteiger partial charge in [0.25, 0.3) is 0 Å². The molecule has 0 atom stereocenters. The molecule has 0 saturated heterocycles. The van der Waals surface area contributed by atoms with Gasteiger partial charge in [-0.2, -0.15) is 14.9 Å². The molecule has 0 radical (unpaired) electrons. The largest absolute Gasteiger partial charge is 0.508 e. The van der Waals surface area contributed by atoms with Gasteiger partial charge >= 0.3 is 0 Å². The lowest BCUT2D eigenvalue weighted by molar-refractivity contribution is 0.306. The second-order valence-electron chi connectivity index (χ2n) is 5.08. The van der Waals surface area contributed by atoms with Crippen molar-refractivity contribution in [1.82, 2.24) is 25.3 Å². The Morgan fingerprint density at radius 2 is 2.12 bits per heavy atom. The molecule has 2 aromatic heterocycles. The fraction of sp³-hybridized carbons (Fsp3) is 0.143. The van der Waals surface area contributed by atoms with Crippen molar-refractivity contribution in [3.05, 3.63) is 35.2 Å². The van der Waals surface area contributed by atoms with Gasteiger partial charge in [0.2, 0.25) is 11.6 Å². The number of hydrogen-bond acceptors (Lipinski definition) is 10. The third-order valence-electron chi connectivity index (χ3n) is 3.35. The highest BCUT2D eigenvalue weighted by Crippen LogP contribution is 2.21. The summed E-state index contributed by atoms with van der Waals surface area (Å²) in [5, 5.41) is 42.0. The molecule has 3 aromatic rings. The molecular formula is C14H14N8O3. The van der Waals surface area contributed by atoms with E-state index in [0.29, 0.717) is 22.7 Å². The Bertz CT molecular complexity index is 972. The van der Waals surface area contributed by atoms with Crippen LogP contribution in [0.15, 0.2) is 33.0 Å². The molecule has 11 nitrogen and oxygen atoms in total. The molecule has 3 rings (SSSR count). The van der Waals surface area contributed by atoms with Gasteiger partial charge in [-0.05, 0) is 36.3 Å². The minimum absolute atomic E-state index is 0.0387. The number of aromatic nitrogens is 5. The minimum Gasteiger partial charge on any atom is -0.508 e. The Kier molecular flexibility index (Phi) is 4.12. The molecule has 4 N–H and O–H groups in total. The number of nitrogens with zero attached hydrogens (tertiary/aromatic N) is 7. The van der Waals surface area contributed by atoms with Gasteiger partial charge in [-0.3, -0.25) is 0 Å². The Labute approximate surface area is 141 Å². The molecule has 25 heavy (non-hydrogen) atoms. The molecule has 2 heterocycles. The van der Waals surface area contributed by atoms with Gasteiger partial charge in [-0.25, -0.2) is 4.63 Å². The second kappa shape index (κ2) is 6.39. The van der Waals surface area contributed by atoms with Crippen LogP contribution in [0.5, 0.6) is 11.5 Å². The molecule has 0 saturated carbocycles. The third-order valence-corrected chi connectivity index (χ3v) is 3.35. The van der Waals surface area contributed by atoms with Crippen molar-refractivity contribution in [2.75, 3.05) is 5.73 Å². The molecule has 1 aromatic carbocycles. The Morgan fingerprint density at radius 1 is 1.32 bits per heavy atom. The van der Waals surface area contributed by atoms with Gasteiger partial charge in [0, 0.05) is 11.6 Å². The van der Waals surface area contributed by atoms with Crippen LogP contribution in [0.2, 0.25) is 0 Å². The highest BCUT2D eigenvalue weighted by atomic mass is 16.6. The number of nitrogen functional groups attached to an aromatic ring is 1. The van der Waals surface area contributed by atoms with Crippen molar-refractivity contribution < 1.29 is 14.8 Å². The first-order valence-electron chi connectivity index (χ1n) is 7.08. The summed E-state index contributed by atoms with van der Waals surface area (Å²) in [6, 6.07) is 4.16. The molecule has 0 fully saturated rings. The summed E-state index contributed by atoms with van der Waals surface area (Å²) in [6.07, 6.45) is 1.36. The number of phenols is 2. The first-order valence-corrected chi connectivity index (χ1v) is 7.08. The van der Waals surface area contributed by atoms with Crippen molar-refractivity contribution in [1.29, 1.82) is 0 Å². The number of aromatic hydroxyl groups is 2. The van der Waals surface area contributed by atoms with Crippen molar-refractivity contribution >= 4 is 17.7 Å². The fourth-order valence-corrected chi connectivity index (χ4v) is 2.07. The van der Waals surface area contributed by atoms with E-state index in [4.69, 9.17) is 5.73 Å². The molecule has 11 heteroatoms. The lowest BCUT2D eigenvalue weighted by Crippen LogP contribution is -2.04. The maximum Gasteiger partial charge on any atom is 0.243 e. The molecule has 0 spiro atoms. The number of anilines is 1. The maximum absolute atomic E-state index is 9.69. The van der Waals surface area contributed by atoms with Crippen molar-refractivity contribution in [2.24, 2.45) is 10.2 Å². The molecule has 128 valence electrons. The van der Waals surface area contributed by atoms with E-state index >= 15 is 0 Å². The third kappa shape index (κ3) is 3.15. The van der Waals surface area contributed by atoms with E-state index in [-0.39, 0.29) is 23.1 Å². The Hall–Kier alpha value is -3.76. The van der Waals surface area contributed by atoms with Crippen LogP contribution >= 0.6 is 0 Å². The Morgan fingerprint density at radius 3 is 2.80 bits per heavy atom. The van der Waals surface area contributed by atoms with E-state index in [1.807, 2.05) is 0 Å². The summed E-state index contributed by atoms with van der Waals surface area (Å²) in [5.41, 5.74) is 7.68. The SMILES string of the molecule is C/C(=N\N=C/c1ccc(O)cc1O)c1nnn(-c2nonc2N)c1C. The number of phenolic OH excluding ortho intramolecular Hbond substituents is 2. The first-order chi connectivity index (χ1) is 12.0. The van der Waals surface area contributed by atoms with E-state index in [1.165, 1.54) is 29.1 Å². The van der Waals surface area contributed by atoms with E-state index < -0.39 is 0 Å². The Balaban J connectivity index is 1.85. The lowest BCUT2D eigenvalue weighted by atomic mass is 10.2. The van der Waals surface area contributed by atoms with Gasteiger partial charge in [0.05, 0.1) is 17.6 Å². The van der Waals surface area contributed by atoms with E-state index in [2.05, 4.69) is 35.5 Å². The minimum atomic E-state index is -0.104. The predicted molar refractivity (Wildman–Crippen MR) is 87.9 cm³/mol. The average molecular weight is 342 g/mol. The zero-order chi connectivity index (χ0) is 18.0. The summed E-state index contributed by atoms with van der Waals surface area (Å²) >= 11 is 0. The molecular weight excluding hydrogens is 328 g/mol. The predicted octanol–water partition coefficient (Wildman–Crippen LogP) is 0.795. The number of hydrogen-bond donors (Lipinski definition) is 3. The van der Waals surface area contributed by atoms with Crippen LogP contribution in [0.25, 0.3) is 5.82 Å². The van der Waals surface area contributed by atoms with Crippen LogP contribution in [0, 0.1) is 6.92 Å². The monoisotopic (exact) mass is 342 g/mol. The summed E-state index contributed by atoms with van der Waals surface area (Å²) in [4.78, 5) is 0. The highest BCUT2D eigenvalue weighted by Gasteiger charge is 2.17. The normalized spacial score (nSPS) is 12.2. The first kappa shape index (κ1) is 16.1. The summed E-state index contributed by atoms with van der Waals surface area (Å²) in [6.45, 7) is 3.47. The topological polar surface area (TPSA) is 161 Å². The molecule has 0 aliphatic rings. The van der Waals surface area contributed by atoms with Gasteiger partial charge in [-0.1, -0.05) is 5.21 Å². The lowest BCUT2D eigenvalue weighted by Gasteiger charge is -1.99. The fourth-order valence-electron chi connectivity index (χ4n) is 2.07. The summed E-state index contributed by atoms with van der Waals surface area (Å²) < 4.78 is 5.93. The van der Waals surface area contributed by atoms with Crippen molar-refractivity contribution in [2.45, 2.75) is 13.8 Å². The standard InChI is InChI=1S/C14H14N8O3/c1-7(17-16-6-9-3-4-10(23)5-11(9)24)12-8(2)22(21-18-12)14-13(15)19-25-20-14/h3-6,23-24H,1-2H3,(H2,15,19)/b16-6-,17-7+. The zero-order valence-electron chi connectivity index (χ0n) is 13.3. The van der Waals surface area contributed by atoms with Crippen molar-refractivity contribution in [3.8, 4) is 17.3 Å². The molecule has 0 aliphatic heterocycles. The number of benzene rings is 1. The van der Waals surface area contributed by atoms with Crippen LogP contribution in [-0.2, 0) is 0 Å². The molecule has 0 aliphatic carbocycles. The smallest absolute Gasteiger partial charge is 0.243 e. The summed E-state index contributed by atoms with van der Waals surface area (Å²) in [7, 11) is 0.